The predicted molar refractivity (Wildman–Crippen MR) is 42.0 cm³/mol. The monoisotopic (exact) mass is 155 g/mol. The zero-order valence-corrected chi connectivity index (χ0v) is 6.54. The van der Waals surface area contributed by atoms with E-state index in [4.69, 9.17) is 5.11 Å². The Balaban J connectivity index is 2.23. The Hall–Kier alpha value is -0.870. The van der Waals surface area contributed by atoms with Crippen molar-refractivity contribution in [2.24, 2.45) is 0 Å². The molecule has 4 heteroatoms. The summed E-state index contributed by atoms with van der Waals surface area (Å²) in [5.41, 5.74) is 1.03. The van der Waals surface area contributed by atoms with E-state index in [0.717, 1.165) is 12.2 Å². The molecule has 3 N–H and O–H groups in total. The van der Waals surface area contributed by atoms with Gasteiger partial charge in [0.05, 0.1) is 6.61 Å². The Kier molecular flexibility index (Phi) is 3.07. The van der Waals surface area contributed by atoms with E-state index in [2.05, 4.69) is 15.5 Å². The highest BCUT2D eigenvalue weighted by molar-refractivity contribution is 4.96. The zero-order chi connectivity index (χ0) is 8.10. The molecule has 4 nitrogen and oxygen atoms in total. The first-order chi connectivity index (χ1) is 5.33. The van der Waals surface area contributed by atoms with Crippen molar-refractivity contribution < 1.29 is 5.11 Å². The lowest BCUT2D eigenvalue weighted by molar-refractivity contribution is 0.250. The van der Waals surface area contributed by atoms with Gasteiger partial charge in [0.25, 0.3) is 0 Å². The summed E-state index contributed by atoms with van der Waals surface area (Å²) in [6.45, 7) is 2.81. The van der Waals surface area contributed by atoms with Crippen LogP contribution in [0, 0.1) is 0 Å². The number of hydrogen-bond donors (Lipinski definition) is 3. The summed E-state index contributed by atoms with van der Waals surface area (Å²) >= 11 is 0. The average Bonchev–Trinajstić information content (AvgIpc) is 2.52. The van der Waals surface area contributed by atoms with Gasteiger partial charge in [-0.05, 0) is 13.0 Å². The molecule has 0 aliphatic rings. The molecule has 11 heavy (non-hydrogen) atoms. The number of aromatic amines is 1. The topological polar surface area (TPSA) is 60.9 Å². The minimum absolute atomic E-state index is 0.137. The van der Waals surface area contributed by atoms with Crippen molar-refractivity contribution in [1.82, 2.24) is 15.5 Å². The molecule has 0 aromatic carbocycles. The van der Waals surface area contributed by atoms with Crippen molar-refractivity contribution in [3.63, 3.8) is 0 Å². The number of aromatic nitrogens is 2. The number of rotatable bonds is 4. The number of nitrogens with one attached hydrogen (secondary N) is 2. The lowest BCUT2D eigenvalue weighted by Crippen LogP contribution is -2.28. The van der Waals surface area contributed by atoms with Crippen molar-refractivity contribution in [2.45, 2.75) is 19.5 Å². The second-order valence-corrected chi connectivity index (χ2v) is 2.55. The van der Waals surface area contributed by atoms with Crippen molar-refractivity contribution in [3.8, 4) is 0 Å². The van der Waals surface area contributed by atoms with Crippen molar-refractivity contribution >= 4 is 0 Å². The van der Waals surface area contributed by atoms with E-state index >= 15 is 0 Å². The summed E-state index contributed by atoms with van der Waals surface area (Å²) in [5.74, 6) is 0. The van der Waals surface area contributed by atoms with Crippen LogP contribution in [-0.2, 0) is 6.54 Å². The van der Waals surface area contributed by atoms with Crippen LogP contribution >= 0.6 is 0 Å². The van der Waals surface area contributed by atoms with Crippen LogP contribution in [0.15, 0.2) is 12.3 Å². The van der Waals surface area contributed by atoms with Gasteiger partial charge in [-0.15, -0.1) is 0 Å². The van der Waals surface area contributed by atoms with Crippen LogP contribution in [0.25, 0.3) is 0 Å². The molecule has 0 spiro atoms. The van der Waals surface area contributed by atoms with E-state index in [1.165, 1.54) is 0 Å². The minimum atomic E-state index is 0.137. The summed E-state index contributed by atoms with van der Waals surface area (Å²) in [5, 5.41) is 18.4. The molecule has 1 aromatic heterocycles. The Morgan fingerprint density at radius 2 is 2.64 bits per heavy atom. The standard InChI is InChI=1S/C7H13N3O/c1-6(5-11)8-4-7-2-3-9-10-7/h2-3,6,8,11H,4-5H2,1H3,(H,9,10). The number of aliphatic hydroxyl groups is 1. The van der Waals surface area contributed by atoms with E-state index in [1.807, 2.05) is 13.0 Å². The first-order valence-corrected chi connectivity index (χ1v) is 3.65. The van der Waals surface area contributed by atoms with Crippen LogP contribution in [-0.4, -0.2) is 28.0 Å². The summed E-state index contributed by atoms with van der Waals surface area (Å²) in [6.07, 6.45) is 1.71. The van der Waals surface area contributed by atoms with Gasteiger partial charge in [0.2, 0.25) is 0 Å². The van der Waals surface area contributed by atoms with E-state index in [-0.39, 0.29) is 12.6 Å². The van der Waals surface area contributed by atoms with Crippen molar-refractivity contribution in [2.75, 3.05) is 6.61 Å². The highest BCUT2D eigenvalue weighted by atomic mass is 16.3. The maximum atomic E-state index is 8.68. The third kappa shape index (κ3) is 2.69. The molecular weight excluding hydrogens is 142 g/mol. The first kappa shape index (κ1) is 8.23. The Labute approximate surface area is 65.6 Å². The Bertz CT molecular complexity index is 186. The molecule has 1 atom stereocenters. The normalized spacial score (nSPS) is 13.3. The molecule has 62 valence electrons. The highest BCUT2D eigenvalue weighted by Gasteiger charge is 1.98. The van der Waals surface area contributed by atoms with Crippen LogP contribution in [0.3, 0.4) is 0 Å². The summed E-state index contributed by atoms with van der Waals surface area (Å²) in [4.78, 5) is 0. The SMILES string of the molecule is CC(CO)NCc1ccn[nH]1. The van der Waals surface area contributed by atoms with Crippen LogP contribution in [0.4, 0.5) is 0 Å². The number of nitrogens with zero attached hydrogens (tertiary/aromatic N) is 1. The third-order valence-electron chi connectivity index (χ3n) is 1.47. The quantitative estimate of drug-likeness (QED) is 0.568. The number of H-pyrrole nitrogens is 1. The number of hydrogen-bond acceptors (Lipinski definition) is 3. The molecule has 1 heterocycles. The Morgan fingerprint density at radius 1 is 1.82 bits per heavy atom. The fourth-order valence-corrected chi connectivity index (χ4v) is 0.732. The molecular formula is C7H13N3O. The second-order valence-electron chi connectivity index (χ2n) is 2.55. The van der Waals surface area contributed by atoms with Gasteiger partial charge in [-0.2, -0.15) is 5.10 Å². The lowest BCUT2D eigenvalue weighted by Gasteiger charge is -2.08. The zero-order valence-electron chi connectivity index (χ0n) is 6.54. The maximum absolute atomic E-state index is 8.68. The van der Waals surface area contributed by atoms with Crippen molar-refractivity contribution in [1.29, 1.82) is 0 Å². The average molecular weight is 155 g/mol. The van der Waals surface area contributed by atoms with Gasteiger partial charge in [0.15, 0.2) is 0 Å². The van der Waals surface area contributed by atoms with Gasteiger partial charge in [-0.3, -0.25) is 5.10 Å². The molecule has 1 aromatic rings. The molecule has 0 radical (unpaired) electrons. The second kappa shape index (κ2) is 4.10. The smallest absolute Gasteiger partial charge is 0.0582 e. The predicted octanol–water partition coefficient (Wildman–Crippen LogP) is -0.120. The molecule has 0 fully saturated rings. The molecule has 1 rings (SSSR count). The van der Waals surface area contributed by atoms with Gasteiger partial charge in [-0.1, -0.05) is 0 Å². The van der Waals surface area contributed by atoms with Gasteiger partial charge in [0, 0.05) is 24.5 Å². The molecule has 0 saturated heterocycles. The summed E-state index contributed by atoms with van der Waals surface area (Å²) < 4.78 is 0. The fourth-order valence-electron chi connectivity index (χ4n) is 0.732. The molecule has 0 saturated carbocycles. The summed E-state index contributed by atoms with van der Waals surface area (Å²) in [7, 11) is 0. The van der Waals surface area contributed by atoms with Gasteiger partial charge in [-0.25, -0.2) is 0 Å². The molecule has 0 aliphatic heterocycles. The maximum Gasteiger partial charge on any atom is 0.0582 e. The minimum Gasteiger partial charge on any atom is -0.395 e. The molecule has 0 bridgehead atoms. The van der Waals surface area contributed by atoms with E-state index in [1.54, 1.807) is 6.20 Å². The molecule has 0 aliphatic carbocycles. The fraction of sp³-hybridized carbons (Fsp3) is 0.571. The van der Waals surface area contributed by atoms with Gasteiger partial charge in [0.1, 0.15) is 0 Å². The van der Waals surface area contributed by atoms with E-state index < -0.39 is 0 Å². The van der Waals surface area contributed by atoms with E-state index in [0.29, 0.717) is 0 Å². The van der Waals surface area contributed by atoms with Gasteiger partial charge >= 0.3 is 0 Å². The number of aliphatic hydroxyl groups excluding tert-OH is 1. The van der Waals surface area contributed by atoms with Crippen molar-refractivity contribution in [3.05, 3.63) is 18.0 Å². The first-order valence-electron chi connectivity index (χ1n) is 3.65. The van der Waals surface area contributed by atoms with E-state index in [9.17, 15) is 0 Å². The van der Waals surface area contributed by atoms with Crippen LogP contribution in [0.1, 0.15) is 12.6 Å². The largest absolute Gasteiger partial charge is 0.395 e. The highest BCUT2D eigenvalue weighted by Crippen LogP contribution is 1.90. The van der Waals surface area contributed by atoms with Gasteiger partial charge < -0.3 is 10.4 Å². The lowest BCUT2D eigenvalue weighted by atomic mass is 10.3. The van der Waals surface area contributed by atoms with Crippen LogP contribution in [0.5, 0.6) is 0 Å². The molecule has 0 amide bonds. The van der Waals surface area contributed by atoms with Crippen LogP contribution in [0.2, 0.25) is 0 Å². The molecule has 1 unspecified atom stereocenters. The third-order valence-corrected chi connectivity index (χ3v) is 1.47. The van der Waals surface area contributed by atoms with Crippen LogP contribution < -0.4 is 5.32 Å². The Morgan fingerprint density at radius 3 is 3.18 bits per heavy atom. The summed E-state index contributed by atoms with van der Waals surface area (Å²) in [6, 6.07) is 2.04.